The van der Waals surface area contributed by atoms with Crippen LogP contribution in [0.15, 0.2) is 140 Å². The van der Waals surface area contributed by atoms with E-state index < -0.39 is 16.1 Å². The molecule has 0 bridgehead atoms. The van der Waals surface area contributed by atoms with Crippen LogP contribution in [0.2, 0.25) is 0 Å². The van der Waals surface area contributed by atoms with Crippen LogP contribution in [-0.2, 0) is 0 Å². The maximum absolute atomic E-state index is 6.65. The van der Waals surface area contributed by atoms with Gasteiger partial charge in [0.1, 0.15) is 5.75 Å². The summed E-state index contributed by atoms with van der Waals surface area (Å²) in [7, 11) is -1.75. The van der Waals surface area contributed by atoms with Crippen molar-refractivity contribution < 1.29 is 4.74 Å². The van der Waals surface area contributed by atoms with Crippen molar-refractivity contribution in [2.45, 2.75) is 19.8 Å². The van der Waals surface area contributed by atoms with E-state index in [1.54, 1.807) is 11.3 Å². The monoisotopic (exact) mass is 590 g/mol. The Morgan fingerprint density at radius 1 is 0.634 bits per heavy atom. The van der Waals surface area contributed by atoms with Gasteiger partial charge in [0.25, 0.3) is 5.19 Å². The number of para-hydroxylation sites is 2. The lowest BCUT2D eigenvalue weighted by molar-refractivity contribution is 0.484. The van der Waals surface area contributed by atoms with Gasteiger partial charge in [-0.05, 0) is 46.6 Å². The predicted molar refractivity (Wildman–Crippen MR) is 179 cm³/mol. The van der Waals surface area contributed by atoms with Crippen molar-refractivity contribution in [3.63, 3.8) is 0 Å². The lowest BCUT2D eigenvalue weighted by atomic mass is 10.3. The molecular formula is C35H32N2OP2S. The molecule has 6 rings (SSSR count). The van der Waals surface area contributed by atoms with E-state index in [4.69, 9.17) is 9.72 Å². The van der Waals surface area contributed by atoms with Gasteiger partial charge in [0.2, 0.25) is 0 Å². The smallest absolute Gasteiger partial charge is 0.279 e. The molecule has 0 saturated carbocycles. The average Bonchev–Trinajstić information content (AvgIpc) is 3.45. The lowest BCUT2D eigenvalue weighted by Gasteiger charge is -2.39. The molecule has 0 fully saturated rings. The molecule has 1 unspecified atom stereocenters. The number of unbranched alkanes of at least 4 members (excludes halogenated alkanes) is 1. The van der Waals surface area contributed by atoms with E-state index in [0.717, 1.165) is 35.4 Å². The molecule has 1 aromatic heterocycles. The van der Waals surface area contributed by atoms with Crippen LogP contribution in [-0.4, -0.2) is 16.0 Å². The normalized spacial score (nSPS) is 12.2. The largest absolute Gasteiger partial charge is 0.430 e. The van der Waals surface area contributed by atoms with Crippen LogP contribution < -0.4 is 26.0 Å². The summed E-state index contributed by atoms with van der Waals surface area (Å²) in [6.07, 6.45) is 2.25. The zero-order chi connectivity index (χ0) is 27.9. The average molecular weight is 591 g/mol. The summed E-state index contributed by atoms with van der Waals surface area (Å²) < 4.78 is 10.6. The summed E-state index contributed by atoms with van der Waals surface area (Å²) >= 11 is 1.59. The van der Waals surface area contributed by atoms with E-state index in [1.807, 2.05) is 18.2 Å². The fourth-order valence-corrected chi connectivity index (χ4v) is 11.8. The fraction of sp³-hybridized carbons (Fsp3) is 0.114. The number of nitrogens with zero attached hydrogens (tertiary/aromatic N) is 2. The molecule has 0 N–H and O–H groups in total. The van der Waals surface area contributed by atoms with Crippen LogP contribution in [0.4, 0.5) is 0 Å². The standard InChI is InChI=1S/C35H32N2OP2S/c1-2-3-27-37(39(28-17-7-4-8-18-28)29-19-9-5-10-20-29)40(30-21-11-6-12-22-30)33-25-15-14-24-32(33)38-35-36-31-23-13-16-26-34(31)41-35/h4-26H,2-3,27H2,1H3. The first kappa shape index (κ1) is 27.8. The molecule has 204 valence electrons. The van der Waals surface area contributed by atoms with E-state index in [0.29, 0.717) is 5.19 Å². The van der Waals surface area contributed by atoms with Crippen molar-refractivity contribution >= 4 is 58.9 Å². The minimum absolute atomic E-state index is 0.676. The summed E-state index contributed by atoms with van der Waals surface area (Å²) in [6.45, 7) is 3.27. The molecule has 1 heterocycles. The Kier molecular flexibility index (Phi) is 9.15. The van der Waals surface area contributed by atoms with Crippen LogP contribution in [0.1, 0.15) is 19.8 Å². The highest BCUT2D eigenvalue weighted by atomic mass is 32.1. The molecule has 6 heteroatoms. The van der Waals surface area contributed by atoms with Gasteiger partial charge in [-0.3, -0.25) is 0 Å². The number of rotatable bonds is 11. The van der Waals surface area contributed by atoms with Gasteiger partial charge in [-0.25, -0.2) is 9.42 Å². The van der Waals surface area contributed by atoms with Gasteiger partial charge < -0.3 is 4.74 Å². The van der Waals surface area contributed by atoms with Gasteiger partial charge in [0.15, 0.2) is 0 Å². The Morgan fingerprint density at radius 2 is 1.17 bits per heavy atom. The van der Waals surface area contributed by atoms with Crippen LogP contribution >= 0.6 is 27.5 Å². The van der Waals surface area contributed by atoms with Gasteiger partial charge in [0, 0.05) is 28.0 Å². The minimum atomic E-state index is -0.939. The zero-order valence-corrected chi connectivity index (χ0v) is 25.6. The van der Waals surface area contributed by atoms with Crippen molar-refractivity contribution in [3.8, 4) is 10.9 Å². The Bertz CT molecular complexity index is 1610. The first-order valence-corrected chi connectivity index (χ1v) is 17.4. The van der Waals surface area contributed by atoms with Gasteiger partial charge in [0.05, 0.1) is 10.2 Å². The third-order valence-corrected chi connectivity index (χ3v) is 13.2. The SMILES string of the molecule is CCCCN(P(c1ccccc1)c1ccccc1)P(c1ccccc1)c1ccccc1Oc1nc2ccccc2s1. The van der Waals surface area contributed by atoms with Crippen molar-refractivity contribution in [1.82, 2.24) is 9.42 Å². The summed E-state index contributed by atoms with van der Waals surface area (Å²) in [5.74, 6) is 0.874. The molecule has 5 aromatic carbocycles. The summed E-state index contributed by atoms with van der Waals surface area (Å²) in [6, 6.07) is 49.8. The second-order valence-corrected chi connectivity index (χ2v) is 15.1. The Labute approximate surface area is 249 Å². The van der Waals surface area contributed by atoms with Gasteiger partial charge in [-0.2, -0.15) is 0 Å². The number of benzene rings is 5. The summed E-state index contributed by atoms with van der Waals surface area (Å²) in [4.78, 5) is 4.80. The fourth-order valence-electron chi connectivity index (χ4n) is 4.82. The van der Waals surface area contributed by atoms with Crippen LogP contribution in [0, 0.1) is 0 Å². The van der Waals surface area contributed by atoms with E-state index in [1.165, 1.54) is 21.2 Å². The Balaban J connectivity index is 1.51. The molecule has 1 atom stereocenters. The summed E-state index contributed by atoms with van der Waals surface area (Å²) in [5.41, 5.74) is 0.969. The second-order valence-electron chi connectivity index (χ2n) is 9.60. The lowest BCUT2D eigenvalue weighted by Crippen LogP contribution is -2.32. The van der Waals surface area contributed by atoms with Crippen LogP contribution in [0.5, 0.6) is 10.9 Å². The highest BCUT2D eigenvalue weighted by Crippen LogP contribution is 2.55. The quantitative estimate of drug-likeness (QED) is 0.141. The topological polar surface area (TPSA) is 25.4 Å². The third kappa shape index (κ3) is 6.43. The zero-order valence-electron chi connectivity index (χ0n) is 23.0. The van der Waals surface area contributed by atoms with Crippen LogP contribution in [0.25, 0.3) is 10.2 Å². The summed E-state index contributed by atoms with van der Waals surface area (Å²) in [5, 5.41) is 5.92. The van der Waals surface area contributed by atoms with E-state index in [2.05, 4.69) is 133 Å². The maximum atomic E-state index is 6.65. The first-order chi connectivity index (χ1) is 20.3. The number of hydrogen-bond acceptors (Lipinski definition) is 4. The third-order valence-electron chi connectivity index (χ3n) is 6.74. The molecule has 41 heavy (non-hydrogen) atoms. The maximum Gasteiger partial charge on any atom is 0.279 e. The van der Waals surface area contributed by atoms with Crippen molar-refractivity contribution in [2.24, 2.45) is 0 Å². The second kappa shape index (κ2) is 13.5. The molecule has 0 saturated heterocycles. The van der Waals surface area contributed by atoms with Gasteiger partial charge >= 0.3 is 0 Å². The Hall–Kier alpha value is -3.39. The molecule has 0 radical (unpaired) electrons. The highest BCUT2D eigenvalue weighted by Gasteiger charge is 2.33. The molecule has 0 amide bonds. The predicted octanol–water partition coefficient (Wildman–Crippen LogP) is 8.59. The molecule has 0 aliphatic heterocycles. The molecule has 0 spiro atoms. The van der Waals surface area contributed by atoms with E-state index >= 15 is 0 Å². The van der Waals surface area contributed by atoms with Crippen LogP contribution in [0.3, 0.4) is 0 Å². The van der Waals surface area contributed by atoms with Crippen molar-refractivity contribution in [3.05, 3.63) is 140 Å². The van der Waals surface area contributed by atoms with Crippen molar-refractivity contribution in [2.75, 3.05) is 6.54 Å². The first-order valence-electron chi connectivity index (χ1n) is 14.0. The van der Waals surface area contributed by atoms with Gasteiger partial charge in [-0.15, -0.1) is 0 Å². The van der Waals surface area contributed by atoms with E-state index in [9.17, 15) is 0 Å². The number of fused-ring (bicyclic) bond motifs is 1. The molecular weight excluding hydrogens is 558 g/mol. The van der Waals surface area contributed by atoms with Crippen molar-refractivity contribution in [1.29, 1.82) is 0 Å². The highest BCUT2D eigenvalue weighted by molar-refractivity contribution is 7.84. The number of hydrogen-bond donors (Lipinski definition) is 0. The molecule has 0 aliphatic rings. The minimum Gasteiger partial charge on any atom is -0.430 e. The number of ether oxygens (including phenoxy) is 1. The van der Waals surface area contributed by atoms with E-state index in [-0.39, 0.29) is 0 Å². The Morgan fingerprint density at radius 3 is 1.78 bits per heavy atom. The number of thiazole rings is 1. The molecule has 0 aliphatic carbocycles. The molecule has 6 aromatic rings. The van der Waals surface area contributed by atoms with Gasteiger partial charge in [-0.1, -0.05) is 140 Å². The number of aromatic nitrogens is 1. The molecule has 3 nitrogen and oxygen atoms in total.